The fraction of sp³-hybridized carbons (Fsp3) is 0.304. The Hall–Kier alpha value is -3.39. The molecule has 0 saturated carbocycles. The molecule has 1 N–H and O–H groups in total. The minimum Gasteiger partial charge on any atom is -0.474 e. The number of aryl methyl sites for hydroxylation is 1. The summed E-state index contributed by atoms with van der Waals surface area (Å²) in [6.07, 6.45) is 4.30. The van der Waals surface area contributed by atoms with Gasteiger partial charge in [-0.2, -0.15) is 4.98 Å². The van der Waals surface area contributed by atoms with E-state index in [2.05, 4.69) is 20.1 Å². The number of carbonyl (C=O) groups excluding carboxylic acids is 1. The van der Waals surface area contributed by atoms with Gasteiger partial charge in [-0.1, -0.05) is 22.8 Å². The van der Waals surface area contributed by atoms with Gasteiger partial charge in [0, 0.05) is 29.8 Å². The van der Waals surface area contributed by atoms with Crippen LogP contribution in [0.2, 0.25) is 5.02 Å². The van der Waals surface area contributed by atoms with Crippen molar-refractivity contribution in [1.82, 2.24) is 20.1 Å². The van der Waals surface area contributed by atoms with Gasteiger partial charge < -0.3 is 19.0 Å². The number of ether oxygens (including phenoxy) is 2. The van der Waals surface area contributed by atoms with E-state index < -0.39 is 0 Å². The number of fused-ring (bicyclic) bond motifs is 1. The summed E-state index contributed by atoms with van der Waals surface area (Å²) in [5.74, 6) is 0.886. The van der Waals surface area contributed by atoms with Gasteiger partial charge in [0.15, 0.2) is 0 Å². The minimum atomic E-state index is -0.208. The van der Waals surface area contributed by atoms with Crippen LogP contribution in [0.5, 0.6) is 5.88 Å². The molecule has 0 fully saturated rings. The van der Waals surface area contributed by atoms with E-state index in [1.165, 1.54) is 0 Å². The molecule has 0 spiro atoms. The van der Waals surface area contributed by atoms with Crippen molar-refractivity contribution in [3.8, 4) is 28.7 Å². The molecule has 0 unspecified atom stereocenters. The van der Waals surface area contributed by atoms with Crippen LogP contribution < -0.4 is 4.74 Å². The first-order valence-electron chi connectivity index (χ1n) is 10.4. The van der Waals surface area contributed by atoms with Crippen molar-refractivity contribution in [2.24, 2.45) is 0 Å². The number of rotatable bonds is 8. The first-order valence-corrected chi connectivity index (χ1v) is 10.7. The van der Waals surface area contributed by atoms with Crippen LogP contribution in [-0.2, 0) is 16.0 Å². The van der Waals surface area contributed by atoms with E-state index in [9.17, 15) is 4.79 Å². The molecule has 0 amide bonds. The molecule has 166 valence electrons. The summed E-state index contributed by atoms with van der Waals surface area (Å²) in [7, 11) is 0. The molecule has 8 nitrogen and oxygen atoms in total. The molecule has 0 saturated heterocycles. The molecule has 0 bridgehead atoms. The van der Waals surface area contributed by atoms with E-state index in [0.29, 0.717) is 47.6 Å². The Morgan fingerprint density at radius 1 is 1.28 bits per heavy atom. The Kier molecular flexibility index (Phi) is 6.41. The van der Waals surface area contributed by atoms with Crippen molar-refractivity contribution in [1.29, 1.82) is 0 Å². The number of benzene rings is 1. The molecule has 0 atom stereocenters. The molecular formula is C23H23ClN4O4. The zero-order valence-electron chi connectivity index (χ0n) is 18.0. The third kappa shape index (κ3) is 4.60. The Balaban J connectivity index is 1.60. The highest BCUT2D eigenvalue weighted by atomic mass is 35.5. The van der Waals surface area contributed by atoms with Crippen LogP contribution in [0.15, 0.2) is 41.2 Å². The highest BCUT2D eigenvalue weighted by Gasteiger charge is 2.17. The monoisotopic (exact) mass is 454 g/mol. The largest absolute Gasteiger partial charge is 0.474 e. The fourth-order valence-corrected chi connectivity index (χ4v) is 3.60. The maximum atomic E-state index is 11.7. The number of H-pyrrole nitrogens is 1. The number of aromatic nitrogens is 4. The first-order chi connectivity index (χ1) is 15.5. The second-order valence-corrected chi connectivity index (χ2v) is 7.85. The van der Waals surface area contributed by atoms with Gasteiger partial charge in [0.1, 0.15) is 5.02 Å². The summed E-state index contributed by atoms with van der Waals surface area (Å²) in [6, 6.07) is 7.54. The van der Waals surface area contributed by atoms with Crippen molar-refractivity contribution in [2.75, 3.05) is 6.61 Å². The van der Waals surface area contributed by atoms with Crippen LogP contribution in [0.4, 0.5) is 0 Å². The van der Waals surface area contributed by atoms with Crippen LogP contribution in [0.25, 0.3) is 33.7 Å². The lowest BCUT2D eigenvalue weighted by Gasteiger charge is -2.09. The highest BCUT2D eigenvalue weighted by molar-refractivity contribution is 6.32. The van der Waals surface area contributed by atoms with Gasteiger partial charge in [-0.15, -0.1) is 0 Å². The van der Waals surface area contributed by atoms with Crippen molar-refractivity contribution < 1.29 is 18.8 Å². The summed E-state index contributed by atoms with van der Waals surface area (Å²) in [6.45, 7) is 5.99. The zero-order chi connectivity index (χ0) is 22.7. The van der Waals surface area contributed by atoms with Gasteiger partial charge in [0.05, 0.1) is 23.8 Å². The average molecular weight is 455 g/mol. The minimum absolute atomic E-state index is 0.0377. The number of hydrogen-bond donors (Lipinski definition) is 1. The van der Waals surface area contributed by atoms with Crippen LogP contribution in [0, 0.1) is 0 Å². The van der Waals surface area contributed by atoms with Crippen LogP contribution in [-0.4, -0.2) is 38.8 Å². The quantitative estimate of drug-likeness (QED) is 0.364. The van der Waals surface area contributed by atoms with Crippen molar-refractivity contribution in [2.45, 2.75) is 39.7 Å². The predicted molar refractivity (Wildman–Crippen MR) is 121 cm³/mol. The van der Waals surface area contributed by atoms with E-state index in [1.807, 2.05) is 38.2 Å². The number of pyridine rings is 1. The van der Waals surface area contributed by atoms with Gasteiger partial charge in [-0.05, 0) is 51.0 Å². The van der Waals surface area contributed by atoms with Crippen molar-refractivity contribution >= 4 is 28.5 Å². The molecule has 1 aromatic carbocycles. The Morgan fingerprint density at radius 2 is 2.12 bits per heavy atom. The Bertz CT molecular complexity index is 1250. The van der Waals surface area contributed by atoms with Gasteiger partial charge in [0.25, 0.3) is 5.89 Å². The Morgan fingerprint density at radius 3 is 2.88 bits per heavy atom. The molecule has 3 heterocycles. The number of esters is 1. The van der Waals surface area contributed by atoms with Gasteiger partial charge >= 0.3 is 5.97 Å². The normalized spacial score (nSPS) is 11.3. The number of halogens is 1. The molecule has 3 aromatic heterocycles. The smallest absolute Gasteiger partial charge is 0.306 e. The van der Waals surface area contributed by atoms with E-state index in [-0.39, 0.29) is 12.1 Å². The van der Waals surface area contributed by atoms with E-state index in [0.717, 1.165) is 22.0 Å². The van der Waals surface area contributed by atoms with Crippen molar-refractivity contribution in [3.05, 3.63) is 47.2 Å². The molecule has 0 radical (unpaired) electrons. The molecule has 4 aromatic rings. The lowest BCUT2D eigenvalue weighted by molar-refractivity contribution is -0.143. The molecule has 0 aliphatic heterocycles. The molecule has 0 aliphatic carbocycles. The summed E-state index contributed by atoms with van der Waals surface area (Å²) < 4.78 is 16.1. The number of hydrogen-bond acceptors (Lipinski definition) is 7. The second kappa shape index (κ2) is 9.40. The third-order valence-electron chi connectivity index (χ3n) is 4.79. The lowest BCUT2D eigenvalue weighted by Crippen LogP contribution is -2.07. The molecule has 0 aliphatic rings. The van der Waals surface area contributed by atoms with Gasteiger partial charge in [-0.25, -0.2) is 4.98 Å². The Labute approximate surface area is 189 Å². The molecular weight excluding hydrogens is 432 g/mol. The third-order valence-corrected chi connectivity index (χ3v) is 5.06. The van der Waals surface area contributed by atoms with Gasteiger partial charge in [-0.3, -0.25) is 4.79 Å². The maximum Gasteiger partial charge on any atom is 0.306 e. The molecule has 4 rings (SSSR count). The van der Waals surface area contributed by atoms with Crippen LogP contribution >= 0.6 is 11.6 Å². The number of nitrogens with one attached hydrogen (secondary N) is 1. The SMILES string of the molecule is CCOC(=O)CCc1ccc(-c2noc(-c3cnc(OC(C)C)c(Cl)c3)n2)c2[nH]ccc12. The number of carbonyl (C=O) groups is 1. The zero-order valence-corrected chi connectivity index (χ0v) is 18.8. The van der Waals surface area contributed by atoms with E-state index in [1.54, 1.807) is 19.2 Å². The standard InChI is InChI=1S/C23H23ClN4O4/c1-4-30-19(29)8-6-14-5-7-17(20-16(14)9-10-25-20)21-27-22(32-28-21)15-11-18(24)23(26-12-15)31-13(2)3/h5,7,9-13,25H,4,6,8H2,1-3H3. The number of nitrogens with zero attached hydrogens (tertiary/aromatic N) is 3. The fourth-order valence-electron chi connectivity index (χ4n) is 3.39. The van der Waals surface area contributed by atoms with Crippen LogP contribution in [0.3, 0.4) is 0 Å². The summed E-state index contributed by atoms with van der Waals surface area (Å²) in [4.78, 5) is 23.7. The summed E-state index contributed by atoms with van der Waals surface area (Å²) in [5, 5.41) is 5.51. The van der Waals surface area contributed by atoms with E-state index in [4.69, 9.17) is 25.6 Å². The maximum absolute atomic E-state index is 11.7. The lowest BCUT2D eigenvalue weighted by atomic mass is 10.0. The van der Waals surface area contributed by atoms with Gasteiger partial charge in [0.2, 0.25) is 11.7 Å². The van der Waals surface area contributed by atoms with Crippen molar-refractivity contribution in [3.63, 3.8) is 0 Å². The van der Waals surface area contributed by atoms with E-state index >= 15 is 0 Å². The van der Waals surface area contributed by atoms with Crippen LogP contribution in [0.1, 0.15) is 32.8 Å². The average Bonchev–Trinajstić information content (AvgIpc) is 3.43. The second-order valence-electron chi connectivity index (χ2n) is 7.44. The highest BCUT2D eigenvalue weighted by Crippen LogP contribution is 2.32. The predicted octanol–water partition coefficient (Wildman–Crippen LogP) is 5.22. The summed E-state index contributed by atoms with van der Waals surface area (Å²) >= 11 is 6.28. The number of aromatic amines is 1. The topological polar surface area (TPSA) is 103 Å². The molecule has 32 heavy (non-hydrogen) atoms. The summed E-state index contributed by atoms with van der Waals surface area (Å²) in [5.41, 5.74) is 3.30. The first kappa shape index (κ1) is 21.8. The molecule has 9 heteroatoms.